The van der Waals surface area contributed by atoms with E-state index in [9.17, 15) is 4.79 Å². The second-order valence-electron chi connectivity index (χ2n) is 5.01. The van der Waals surface area contributed by atoms with Gasteiger partial charge in [-0.15, -0.1) is 0 Å². The fraction of sp³-hybridized carbons (Fsp3) is 0.500. The molecule has 0 saturated heterocycles. The van der Waals surface area contributed by atoms with Crippen LogP contribution in [0.1, 0.15) is 43.1 Å². The van der Waals surface area contributed by atoms with E-state index >= 15 is 0 Å². The number of carboxylic acids is 1. The Balaban J connectivity index is 2.75. The minimum atomic E-state index is -0.880. The average molecular weight is 235 g/mol. The predicted octanol–water partition coefficient (Wildman–Crippen LogP) is 3.54. The van der Waals surface area contributed by atoms with Crippen molar-refractivity contribution in [1.29, 1.82) is 0 Å². The Labute approximate surface area is 103 Å². The molecule has 0 saturated carbocycles. The molecule has 1 rings (SSSR count). The molecule has 0 bridgehead atoms. The van der Waals surface area contributed by atoms with Crippen molar-refractivity contribution in [2.24, 2.45) is 5.92 Å². The van der Waals surface area contributed by atoms with E-state index in [1.165, 1.54) is 0 Å². The SMILES string of the molecule is Cc1cc(C(=O)O)ccc1NC(C)CC(C)C. The van der Waals surface area contributed by atoms with Gasteiger partial charge in [-0.05, 0) is 49.9 Å². The maximum atomic E-state index is 10.8. The lowest BCUT2D eigenvalue weighted by Gasteiger charge is -2.19. The Bertz CT molecular complexity index is 399. The number of carbonyl (C=O) groups is 1. The second kappa shape index (κ2) is 5.71. The van der Waals surface area contributed by atoms with Crippen molar-refractivity contribution in [1.82, 2.24) is 0 Å². The smallest absolute Gasteiger partial charge is 0.335 e. The first kappa shape index (κ1) is 13.6. The zero-order chi connectivity index (χ0) is 13.0. The molecule has 1 atom stereocenters. The van der Waals surface area contributed by atoms with Gasteiger partial charge in [0, 0.05) is 11.7 Å². The minimum Gasteiger partial charge on any atom is -0.478 e. The van der Waals surface area contributed by atoms with E-state index in [1.54, 1.807) is 12.1 Å². The van der Waals surface area contributed by atoms with Gasteiger partial charge < -0.3 is 10.4 Å². The van der Waals surface area contributed by atoms with Crippen molar-refractivity contribution in [3.05, 3.63) is 29.3 Å². The van der Waals surface area contributed by atoms with Crippen LogP contribution in [0.3, 0.4) is 0 Å². The molecule has 0 radical (unpaired) electrons. The third-order valence-corrected chi connectivity index (χ3v) is 2.70. The highest BCUT2D eigenvalue weighted by molar-refractivity contribution is 5.88. The predicted molar refractivity (Wildman–Crippen MR) is 70.7 cm³/mol. The van der Waals surface area contributed by atoms with Gasteiger partial charge in [-0.3, -0.25) is 0 Å². The number of hydrogen-bond donors (Lipinski definition) is 2. The molecule has 1 unspecified atom stereocenters. The van der Waals surface area contributed by atoms with Gasteiger partial charge in [0.25, 0.3) is 0 Å². The second-order valence-corrected chi connectivity index (χ2v) is 5.01. The topological polar surface area (TPSA) is 49.3 Å². The molecule has 3 nitrogen and oxygen atoms in total. The highest BCUT2D eigenvalue weighted by Gasteiger charge is 2.09. The first-order chi connectivity index (χ1) is 7.90. The van der Waals surface area contributed by atoms with Crippen LogP contribution in [-0.4, -0.2) is 17.1 Å². The van der Waals surface area contributed by atoms with Crippen molar-refractivity contribution in [2.45, 2.75) is 40.2 Å². The Kier molecular flexibility index (Phi) is 4.55. The molecule has 0 amide bonds. The van der Waals surface area contributed by atoms with E-state index in [2.05, 4.69) is 26.1 Å². The van der Waals surface area contributed by atoms with Gasteiger partial charge in [0.05, 0.1) is 5.56 Å². The van der Waals surface area contributed by atoms with Crippen molar-refractivity contribution in [3.63, 3.8) is 0 Å². The molecule has 2 N–H and O–H groups in total. The third kappa shape index (κ3) is 4.10. The molecular weight excluding hydrogens is 214 g/mol. The highest BCUT2D eigenvalue weighted by Crippen LogP contribution is 2.19. The first-order valence-electron chi connectivity index (χ1n) is 6.00. The Morgan fingerprint density at radius 2 is 2.00 bits per heavy atom. The minimum absolute atomic E-state index is 0.338. The van der Waals surface area contributed by atoms with Crippen LogP contribution in [0.2, 0.25) is 0 Å². The molecule has 1 aromatic carbocycles. The van der Waals surface area contributed by atoms with E-state index in [1.807, 2.05) is 13.0 Å². The molecule has 0 aliphatic rings. The highest BCUT2D eigenvalue weighted by atomic mass is 16.4. The van der Waals surface area contributed by atoms with Gasteiger partial charge in [-0.1, -0.05) is 13.8 Å². The summed E-state index contributed by atoms with van der Waals surface area (Å²) in [6.45, 7) is 8.46. The molecule has 1 aromatic rings. The van der Waals surface area contributed by atoms with Crippen molar-refractivity contribution in [2.75, 3.05) is 5.32 Å². The molecule has 3 heteroatoms. The van der Waals surface area contributed by atoms with E-state index < -0.39 is 5.97 Å². The van der Waals surface area contributed by atoms with E-state index in [0.717, 1.165) is 17.7 Å². The summed E-state index contributed by atoms with van der Waals surface area (Å²) in [5, 5.41) is 12.3. The van der Waals surface area contributed by atoms with Gasteiger partial charge >= 0.3 is 5.97 Å². The Hall–Kier alpha value is -1.51. The van der Waals surface area contributed by atoms with Crippen LogP contribution in [0.4, 0.5) is 5.69 Å². The van der Waals surface area contributed by atoms with Crippen LogP contribution >= 0.6 is 0 Å². The lowest BCUT2D eigenvalue weighted by molar-refractivity contribution is 0.0697. The lowest BCUT2D eigenvalue weighted by Crippen LogP contribution is -2.18. The Morgan fingerprint density at radius 1 is 1.35 bits per heavy atom. The van der Waals surface area contributed by atoms with Crippen molar-refractivity contribution in [3.8, 4) is 0 Å². The number of carboxylic acid groups (broad SMARTS) is 1. The normalized spacial score (nSPS) is 12.5. The summed E-state index contributed by atoms with van der Waals surface area (Å²) in [6, 6.07) is 5.58. The summed E-state index contributed by atoms with van der Waals surface area (Å²) in [4.78, 5) is 10.8. The van der Waals surface area contributed by atoms with Gasteiger partial charge in [0.1, 0.15) is 0 Å². The number of nitrogens with one attached hydrogen (secondary N) is 1. The molecular formula is C14H21NO2. The number of anilines is 1. The number of aromatic carboxylic acids is 1. The van der Waals surface area contributed by atoms with Gasteiger partial charge in [0.2, 0.25) is 0 Å². The monoisotopic (exact) mass is 235 g/mol. The van der Waals surface area contributed by atoms with Crippen LogP contribution in [0, 0.1) is 12.8 Å². The van der Waals surface area contributed by atoms with Crippen LogP contribution in [0.15, 0.2) is 18.2 Å². The molecule has 17 heavy (non-hydrogen) atoms. The molecule has 0 spiro atoms. The largest absolute Gasteiger partial charge is 0.478 e. The van der Waals surface area contributed by atoms with E-state index in [0.29, 0.717) is 17.5 Å². The van der Waals surface area contributed by atoms with Crippen molar-refractivity contribution >= 4 is 11.7 Å². The summed E-state index contributed by atoms with van der Waals surface area (Å²) in [5.41, 5.74) is 2.33. The number of hydrogen-bond acceptors (Lipinski definition) is 2. The van der Waals surface area contributed by atoms with Crippen LogP contribution in [0.25, 0.3) is 0 Å². The fourth-order valence-electron chi connectivity index (χ4n) is 1.99. The van der Waals surface area contributed by atoms with E-state index in [-0.39, 0.29) is 0 Å². The fourth-order valence-corrected chi connectivity index (χ4v) is 1.99. The summed E-state index contributed by atoms with van der Waals surface area (Å²) < 4.78 is 0. The standard InChI is InChI=1S/C14H21NO2/c1-9(2)7-11(4)15-13-6-5-12(14(16)17)8-10(13)3/h5-6,8-9,11,15H,7H2,1-4H3,(H,16,17). The van der Waals surface area contributed by atoms with Crippen LogP contribution in [-0.2, 0) is 0 Å². The molecule has 0 fully saturated rings. The maximum absolute atomic E-state index is 10.8. The lowest BCUT2D eigenvalue weighted by atomic mass is 10.0. The van der Waals surface area contributed by atoms with Crippen molar-refractivity contribution < 1.29 is 9.90 Å². The average Bonchev–Trinajstić information content (AvgIpc) is 2.19. The van der Waals surface area contributed by atoms with Gasteiger partial charge in [-0.2, -0.15) is 0 Å². The van der Waals surface area contributed by atoms with Crippen LogP contribution < -0.4 is 5.32 Å². The number of rotatable bonds is 5. The van der Waals surface area contributed by atoms with Gasteiger partial charge in [-0.25, -0.2) is 4.79 Å². The Morgan fingerprint density at radius 3 is 2.47 bits per heavy atom. The summed E-state index contributed by atoms with van der Waals surface area (Å²) in [6.07, 6.45) is 1.10. The third-order valence-electron chi connectivity index (χ3n) is 2.70. The summed E-state index contributed by atoms with van der Waals surface area (Å²) in [7, 11) is 0. The van der Waals surface area contributed by atoms with E-state index in [4.69, 9.17) is 5.11 Å². The molecule has 0 aliphatic heterocycles. The quantitative estimate of drug-likeness (QED) is 0.820. The zero-order valence-electron chi connectivity index (χ0n) is 10.9. The molecule has 0 aliphatic carbocycles. The summed E-state index contributed by atoms with van der Waals surface area (Å²) >= 11 is 0. The number of aryl methyl sites for hydroxylation is 1. The van der Waals surface area contributed by atoms with Crippen LogP contribution in [0.5, 0.6) is 0 Å². The summed E-state index contributed by atoms with van der Waals surface area (Å²) in [5.74, 6) is -0.231. The molecule has 0 heterocycles. The maximum Gasteiger partial charge on any atom is 0.335 e. The number of benzene rings is 1. The first-order valence-corrected chi connectivity index (χ1v) is 6.00. The molecule has 0 aromatic heterocycles. The molecule has 94 valence electrons. The zero-order valence-corrected chi connectivity index (χ0v) is 10.9. The van der Waals surface area contributed by atoms with Gasteiger partial charge in [0.15, 0.2) is 0 Å².